The SMILES string of the molecule is NCCCCC(=O)N1CCc2cc(NC(=O)c3ccc(CN(C(=O)c4ccc5c(c4)OCC(=O)N5)C4CC4)cc3)ccc2C1. The molecule has 228 valence electrons. The zero-order chi connectivity index (χ0) is 30.6. The lowest BCUT2D eigenvalue weighted by molar-refractivity contribution is -0.132. The quantitative estimate of drug-likeness (QED) is 0.303. The highest BCUT2D eigenvalue weighted by molar-refractivity contribution is 6.04. The molecule has 0 spiro atoms. The van der Waals surface area contributed by atoms with Gasteiger partial charge in [-0.25, -0.2) is 0 Å². The van der Waals surface area contributed by atoms with Gasteiger partial charge in [-0.1, -0.05) is 18.2 Å². The van der Waals surface area contributed by atoms with Crippen LogP contribution in [0.4, 0.5) is 11.4 Å². The van der Waals surface area contributed by atoms with E-state index in [2.05, 4.69) is 10.6 Å². The molecule has 2 heterocycles. The number of nitrogens with two attached hydrogens (primary N) is 1. The van der Waals surface area contributed by atoms with Crippen molar-refractivity contribution in [1.82, 2.24) is 9.80 Å². The molecule has 0 unspecified atom stereocenters. The van der Waals surface area contributed by atoms with Crippen LogP contribution in [-0.2, 0) is 29.1 Å². The molecule has 1 saturated carbocycles. The Bertz CT molecular complexity index is 1580. The third kappa shape index (κ3) is 6.75. The van der Waals surface area contributed by atoms with Gasteiger partial charge in [0, 0.05) is 48.9 Å². The molecule has 3 aliphatic rings. The number of nitrogens with one attached hydrogen (secondary N) is 2. The Kier molecular flexibility index (Phi) is 8.60. The maximum absolute atomic E-state index is 13.5. The molecule has 2 aliphatic heterocycles. The molecule has 4 amide bonds. The molecule has 6 rings (SSSR count). The lowest BCUT2D eigenvalue weighted by Crippen LogP contribution is -2.35. The van der Waals surface area contributed by atoms with Crippen LogP contribution in [0, 0.1) is 0 Å². The van der Waals surface area contributed by atoms with Crippen molar-refractivity contribution in [1.29, 1.82) is 0 Å². The summed E-state index contributed by atoms with van der Waals surface area (Å²) in [6, 6.07) is 18.5. The Balaban J connectivity index is 1.06. The number of benzene rings is 3. The fourth-order valence-corrected chi connectivity index (χ4v) is 5.71. The molecule has 1 aliphatic carbocycles. The van der Waals surface area contributed by atoms with Gasteiger partial charge in [0.1, 0.15) is 5.75 Å². The first-order valence-corrected chi connectivity index (χ1v) is 15.3. The summed E-state index contributed by atoms with van der Waals surface area (Å²) in [4.78, 5) is 54.4. The first kappa shape index (κ1) is 29.4. The highest BCUT2D eigenvalue weighted by Crippen LogP contribution is 2.33. The summed E-state index contributed by atoms with van der Waals surface area (Å²) >= 11 is 0. The molecule has 44 heavy (non-hydrogen) atoms. The van der Waals surface area contributed by atoms with Crippen LogP contribution in [0.25, 0.3) is 0 Å². The smallest absolute Gasteiger partial charge is 0.262 e. The molecular weight excluding hydrogens is 558 g/mol. The Hall–Kier alpha value is -4.70. The lowest BCUT2D eigenvalue weighted by atomic mass is 9.98. The first-order chi connectivity index (χ1) is 21.4. The Morgan fingerprint density at radius 2 is 1.77 bits per heavy atom. The van der Waals surface area contributed by atoms with E-state index in [0.717, 1.165) is 54.5 Å². The molecule has 4 N–H and O–H groups in total. The molecular formula is C34H37N5O5. The minimum Gasteiger partial charge on any atom is -0.482 e. The minimum absolute atomic E-state index is 0.0689. The van der Waals surface area contributed by atoms with Crippen LogP contribution in [0.3, 0.4) is 0 Å². The van der Waals surface area contributed by atoms with E-state index in [4.69, 9.17) is 10.5 Å². The minimum atomic E-state index is -0.216. The van der Waals surface area contributed by atoms with Gasteiger partial charge in [0.05, 0.1) is 5.69 Å². The van der Waals surface area contributed by atoms with Crippen LogP contribution < -0.4 is 21.1 Å². The number of hydrogen-bond acceptors (Lipinski definition) is 6. The van der Waals surface area contributed by atoms with Gasteiger partial charge in [-0.05, 0) is 97.8 Å². The third-order valence-electron chi connectivity index (χ3n) is 8.35. The summed E-state index contributed by atoms with van der Waals surface area (Å²) in [5, 5.41) is 5.75. The van der Waals surface area contributed by atoms with Crippen molar-refractivity contribution in [3.8, 4) is 5.75 Å². The molecule has 0 radical (unpaired) electrons. The topological polar surface area (TPSA) is 134 Å². The van der Waals surface area contributed by atoms with Gasteiger partial charge in [0.25, 0.3) is 17.7 Å². The van der Waals surface area contributed by atoms with E-state index < -0.39 is 0 Å². The number of amides is 4. The average molecular weight is 596 g/mol. The summed E-state index contributed by atoms with van der Waals surface area (Å²) < 4.78 is 5.50. The number of anilines is 2. The van der Waals surface area contributed by atoms with E-state index in [9.17, 15) is 19.2 Å². The Morgan fingerprint density at radius 3 is 2.55 bits per heavy atom. The highest BCUT2D eigenvalue weighted by atomic mass is 16.5. The van der Waals surface area contributed by atoms with E-state index in [1.165, 1.54) is 0 Å². The summed E-state index contributed by atoms with van der Waals surface area (Å²) in [5.41, 5.74) is 11.0. The number of carbonyl (C=O) groups is 4. The number of ether oxygens (including phenoxy) is 1. The molecule has 3 aromatic carbocycles. The van der Waals surface area contributed by atoms with E-state index in [0.29, 0.717) is 55.2 Å². The standard InChI is InChI=1S/C34H37N5O5/c35-15-2-1-3-32(41)38-16-14-24-17-27(10-8-26(24)20-38)36-33(42)23-6-4-22(5-7-23)19-39(28-11-12-28)34(43)25-9-13-29-30(18-25)44-21-31(40)37-29/h4-10,13,17-18,28H,1-3,11-12,14-16,19-21,35H2,(H,36,42)(H,37,40). The molecule has 0 bridgehead atoms. The molecule has 3 aromatic rings. The van der Waals surface area contributed by atoms with Crippen molar-refractivity contribution in [2.75, 3.05) is 30.3 Å². The van der Waals surface area contributed by atoms with Gasteiger partial charge < -0.3 is 30.9 Å². The fourth-order valence-electron chi connectivity index (χ4n) is 5.71. The zero-order valence-corrected chi connectivity index (χ0v) is 24.6. The largest absolute Gasteiger partial charge is 0.482 e. The van der Waals surface area contributed by atoms with Gasteiger partial charge in [-0.3, -0.25) is 19.2 Å². The van der Waals surface area contributed by atoms with Crippen LogP contribution >= 0.6 is 0 Å². The number of fused-ring (bicyclic) bond motifs is 2. The number of carbonyl (C=O) groups excluding carboxylic acids is 4. The summed E-state index contributed by atoms with van der Waals surface area (Å²) in [6.07, 6.45) is 4.86. The van der Waals surface area contributed by atoms with Crippen molar-refractivity contribution >= 4 is 35.0 Å². The van der Waals surface area contributed by atoms with E-state index in [1.54, 1.807) is 30.3 Å². The second kappa shape index (κ2) is 12.9. The number of nitrogens with zero attached hydrogens (tertiary/aromatic N) is 2. The summed E-state index contributed by atoms with van der Waals surface area (Å²) in [6.45, 7) is 2.22. The average Bonchev–Trinajstić information content (AvgIpc) is 3.88. The van der Waals surface area contributed by atoms with Crippen LogP contribution in [0.5, 0.6) is 5.75 Å². The van der Waals surface area contributed by atoms with Crippen molar-refractivity contribution in [3.05, 3.63) is 88.5 Å². The van der Waals surface area contributed by atoms with Gasteiger partial charge in [-0.15, -0.1) is 0 Å². The molecule has 0 aromatic heterocycles. The summed E-state index contributed by atoms with van der Waals surface area (Å²) in [7, 11) is 0. The van der Waals surface area contributed by atoms with Gasteiger partial charge in [0.15, 0.2) is 6.61 Å². The first-order valence-electron chi connectivity index (χ1n) is 15.3. The third-order valence-corrected chi connectivity index (χ3v) is 8.35. The monoisotopic (exact) mass is 595 g/mol. The fraction of sp³-hybridized carbons (Fsp3) is 0.353. The van der Waals surface area contributed by atoms with Crippen molar-refractivity contribution in [2.45, 2.75) is 57.7 Å². The van der Waals surface area contributed by atoms with Crippen molar-refractivity contribution < 1.29 is 23.9 Å². The predicted octanol–water partition coefficient (Wildman–Crippen LogP) is 4.09. The number of rotatable bonds is 10. The Morgan fingerprint density at radius 1 is 0.977 bits per heavy atom. The second-order valence-corrected chi connectivity index (χ2v) is 11.7. The van der Waals surface area contributed by atoms with E-state index >= 15 is 0 Å². The van der Waals surface area contributed by atoms with Gasteiger partial charge >= 0.3 is 0 Å². The van der Waals surface area contributed by atoms with Crippen LogP contribution in [0.1, 0.15) is 69.5 Å². The maximum Gasteiger partial charge on any atom is 0.262 e. The Labute approximate surface area is 256 Å². The molecule has 1 fully saturated rings. The van der Waals surface area contributed by atoms with Gasteiger partial charge in [-0.2, -0.15) is 0 Å². The molecule has 10 nitrogen and oxygen atoms in total. The summed E-state index contributed by atoms with van der Waals surface area (Å²) in [5.74, 6) is 0.140. The van der Waals surface area contributed by atoms with E-state index in [1.807, 2.05) is 40.1 Å². The molecule has 0 atom stereocenters. The number of hydrogen-bond donors (Lipinski definition) is 3. The second-order valence-electron chi connectivity index (χ2n) is 11.7. The van der Waals surface area contributed by atoms with Crippen LogP contribution in [0.2, 0.25) is 0 Å². The van der Waals surface area contributed by atoms with Crippen molar-refractivity contribution in [2.24, 2.45) is 5.73 Å². The molecule has 0 saturated heterocycles. The molecule has 10 heteroatoms. The number of unbranched alkanes of at least 4 members (excludes halogenated alkanes) is 1. The highest BCUT2D eigenvalue weighted by Gasteiger charge is 2.33. The van der Waals surface area contributed by atoms with Crippen LogP contribution in [0.15, 0.2) is 60.7 Å². The predicted molar refractivity (Wildman–Crippen MR) is 166 cm³/mol. The van der Waals surface area contributed by atoms with E-state index in [-0.39, 0.29) is 36.3 Å². The van der Waals surface area contributed by atoms with Gasteiger partial charge in [0.2, 0.25) is 5.91 Å². The maximum atomic E-state index is 13.5. The van der Waals surface area contributed by atoms with Crippen molar-refractivity contribution in [3.63, 3.8) is 0 Å². The normalized spacial score (nSPS) is 15.4. The zero-order valence-electron chi connectivity index (χ0n) is 24.6. The van der Waals surface area contributed by atoms with Crippen LogP contribution in [-0.4, -0.2) is 59.2 Å². The lowest BCUT2D eigenvalue weighted by Gasteiger charge is -2.29.